The van der Waals surface area contributed by atoms with Crippen LogP contribution in [0.4, 0.5) is 13.2 Å². The first-order valence-corrected chi connectivity index (χ1v) is 11.1. The maximum Gasteiger partial charge on any atom is 0.416 e. The lowest BCUT2D eigenvalue weighted by atomic mass is 9.87. The lowest BCUT2D eigenvalue weighted by Gasteiger charge is -2.24. The lowest BCUT2D eigenvalue weighted by molar-refractivity contribution is -0.137. The molecule has 34 heavy (non-hydrogen) atoms. The minimum atomic E-state index is -4.39. The smallest absolute Gasteiger partial charge is 0.416 e. The van der Waals surface area contributed by atoms with Gasteiger partial charge in [-0.3, -0.25) is 0 Å². The molecule has 0 radical (unpaired) electrons. The summed E-state index contributed by atoms with van der Waals surface area (Å²) in [5.41, 5.74) is 3.34. The van der Waals surface area contributed by atoms with Crippen molar-refractivity contribution >= 4 is 0 Å². The van der Waals surface area contributed by atoms with Gasteiger partial charge in [-0.1, -0.05) is 6.07 Å². The zero-order valence-electron chi connectivity index (χ0n) is 19.1. The van der Waals surface area contributed by atoms with Gasteiger partial charge in [0.1, 0.15) is 11.6 Å². The molecule has 2 aromatic carbocycles. The molecule has 9 heteroatoms. The van der Waals surface area contributed by atoms with Crippen molar-refractivity contribution in [3.05, 3.63) is 77.1 Å². The quantitative estimate of drug-likeness (QED) is 0.386. The first-order valence-electron chi connectivity index (χ1n) is 11.1. The Hall–Kier alpha value is -3.62. The van der Waals surface area contributed by atoms with E-state index in [9.17, 15) is 13.2 Å². The fourth-order valence-corrected chi connectivity index (χ4v) is 4.54. The number of rotatable bonds is 4. The monoisotopic (exact) mass is 467 g/mol. The Kier molecular flexibility index (Phi) is 5.42. The molecule has 6 nitrogen and oxygen atoms in total. The van der Waals surface area contributed by atoms with Crippen molar-refractivity contribution in [1.29, 1.82) is 0 Å². The molecule has 5 rings (SSSR count). The largest absolute Gasteiger partial charge is 0.495 e. The summed E-state index contributed by atoms with van der Waals surface area (Å²) in [6.07, 6.45) is 0.790. The zero-order chi connectivity index (χ0) is 24.0. The Balaban J connectivity index is 1.54. The number of nitrogens with zero attached hydrogens (tertiary/aromatic N) is 5. The number of ether oxygens (including phenoxy) is 1. The summed E-state index contributed by atoms with van der Waals surface area (Å²) in [6.45, 7) is 4.44. The number of hydrogen-bond acceptors (Lipinski definition) is 4. The highest BCUT2D eigenvalue weighted by Gasteiger charge is 2.33. The third-order valence-corrected chi connectivity index (χ3v) is 6.28. The van der Waals surface area contributed by atoms with E-state index in [1.54, 1.807) is 13.4 Å². The van der Waals surface area contributed by atoms with Crippen LogP contribution >= 0.6 is 0 Å². The van der Waals surface area contributed by atoms with Crippen LogP contribution < -0.4 is 4.74 Å². The maximum atomic E-state index is 13.4. The van der Waals surface area contributed by atoms with Crippen LogP contribution in [0.3, 0.4) is 0 Å². The molecule has 0 spiro atoms. The van der Waals surface area contributed by atoms with E-state index in [0.29, 0.717) is 29.5 Å². The van der Waals surface area contributed by atoms with Gasteiger partial charge in [0.15, 0.2) is 5.82 Å². The van der Waals surface area contributed by atoms with Gasteiger partial charge in [-0.2, -0.15) is 18.3 Å². The number of hydrogen-bond donors (Lipinski definition) is 0. The predicted octanol–water partition coefficient (Wildman–Crippen LogP) is 5.70. The Morgan fingerprint density at radius 2 is 1.91 bits per heavy atom. The van der Waals surface area contributed by atoms with Crippen LogP contribution in [0, 0.1) is 13.8 Å². The number of halogens is 3. The van der Waals surface area contributed by atoms with E-state index < -0.39 is 11.7 Å². The van der Waals surface area contributed by atoms with E-state index in [-0.39, 0.29) is 5.92 Å². The van der Waals surface area contributed by atoms with Crippen LogP contribution in [0.15, 0.2) is 48.9 Å². The summed E-state index contributed by atoms with van der Waals surface area (Å²) in [5, 5.41) is 4.69. The van der Waals surface area contributed by atoms with Crippen LogP contribution in [-0.4, -0.2) is 31.4 Å². The van der Waals surface area contributed by atoms with Gasteiger partial charge < -0.3 is 9.30 Å². The molecule has 0 saturated carbocycles. The Labute approximate surface area is 195 Å². The Morgan fingerprint density at radius 1 is 1.09 bits per heavy atom. The molecule has 0 bridgehead atoms. The second kappa shape index (κ2) is 8.30. The summed E-state index contributed by atoms with van der Waals surface area (Å²) in [4.78, 5) is 9.06. The SMILES string of the molecule is COc1cc(-c2nc3n(n2)CCC[C@@H]3c2cc(C(F)(F)F)ccc2C)ccc1-n1cnc(C)c1. The second-order valence-corrected chi connectivity index (χ2v) is 8.59. The average molecular weight is 467 g/mol. The number of aromatic nitrogens is 5. The van der Waals surface area contributed by atoms with E-state index >= 15 is 0 Å². The van der Waals surface area contributed by atoms with E-state index in [1.807, 2.05) is 47.5 Å². The van der Waals surface area contributed by atoms with E-state index in [1.165, 1.54) is 12.1 Å². The van der Waals surface area contributed by atoms with Crippen LogP contribution in [0.25, 0.3) is 17.1 Å². The molecule has 0 N–H and O–H groups in total. The molecule has 2 aromatic heterocycles. The molecule has 1 aliphatic heterocycles. The molecule has 3 heterocycles. The van der Waals surface area contributed by atoms with Crippen molar-refractivity contribution in [3.63, 3.8) is 0 Å². The topological polar surface area (TPSA) is 57.8 Å². The van der Waals surface area contributed by atoms with E-state index in [0.717, 1.165) is 41.4 Å². The number of aryl methyl sites for hydroxylation is 3. The van der Waals surface area contributed by atoms with Crippen molar-refractivity contribution in [2.45, 2.75) is 45.3 Å². The average Bonchev–Trinajstić information content (AvgIpc) is 3.44. The van der Waals surface area contributed by atoms with Crippen LogP contribution in [-0.2, 0) is 12.7 Å². The van der Waals surface area contributed by atoms with Gasteiger partial charge in [0.2, 0.25) is 0 Å². The summed E-state index contributed by atoms with van der Waals surface area (Å²) >= 11 is 0. The maximum absolute atomic E-state index is 13.4. The molecule has 0 saturated heterocycles. The Morgan fingerprint density at radius 3 is 2.62 bits per heavy atom. The standard InChI is InChI=1S/C25H24F3N5O/c1-15-6-8-18(25(26,27)28)12-20(15)19-5-4-10-33-24(19)30-23(31-33)17-7-9-21(22(11-17)34-3)32-13-16(2)29-14-32/h6-9,11-14,19H,4-5,10H2,1-3H3/t19-/m1/s1. The molecule has 0 aliphatic carbocycles. The van der Waals surface area contributed by atoms with Crippen LogP contribution in [0.1, 0.15) is 47.0 Å². The number of alkyl halides is 3. The van der Waals surface area contributed by atoms with Crippen molar-refractivity contribution < 1.29 is 17.9 Å². The summed E-state index contributed by atoms with van der Waals surface area (Å²) in [7, 11) is 1.60. The highest BCUT2D eigenvalue weighted by Crippen LogP contribution is 2.39. The number of benzene rings is 2. The van der Waals surface area contributed by atoms with E-state index in [2.05, 4.69) is 10.1 Å². The summed E-state index contributed by atoms with van der Waals surface area (Å²) in [5.74, 6) is 1.62. The van der Waals surface area contributed by atoms with Gasteiger partial charge >= 0.3 is 6.18 Å². The molecule has 176 valence electrons. The highest BCUT2D eigenvalue weighted by atomic mass is 19.4. The molecule has 1 atom stereocenters. The number of fused-ring (bicyclic) bond motifs is 1. The normalized spacial score (nSPS) is 15.9. The fourth-order valence-electron chi connectivity index (χ4n) is 4.54. The van der Waals surface area contributed by atoms with Gasteiger partial charge in [0.25, 0.3) is 0 Å². The molecular formula is C25H24F3N5O. The molecule has 1 aliphatic rings. The molecular weight excluding hydrogens is 443 g/mol. The van der Waals surface area contributed by atoms with Crippen molar-refractivity contribution in [2.75, 3.05) is 7.11 Å². The van der Waals surface area contributed by atoms with Crippen LogP contribution in [0.5, 0.6) is 5.75 Å². The molecule has 4 aromatic rings. The van der Waals surface area contributed by atoms with Gasteiger partial charge in [-0.15, -0.1) is 0 Å². The summed E-state index contributed by atoms with van der Waals surface area (Å²) < 4.78 is 49.4. The van der Waals surface area contributed by atoms with Gasteiger partial charge in [-0.25, -0.2) is 14.6 Å². The zero-order valence-corrected chi connectivity index (χ0v) is 19.1. The second-order valence-electron chi connectivity index (χ2n) is 8.59. The van der Waals surface area contributed by atoms with Gasteiger partial charge in [0, 0.05) is 24.2 Å². The minimum Gasteiger partial charge on any atom is -0.495 e. The highest BCUT2D eigenvalue weighted by molar-refractivity contribution is 5.63. The third kappa shape index (κ3) is 3.95. The Bertz CT molecular complexity index is 1360. The summed E-state index contributed by atoms with van der Waals surface area (Å²) in [6, 6.07) is 9.64. The lowest BCUT2D eigenvalue weighted by Crippen LogP contribution is -2.19. The predicted molar refractivity (Wildman–Crippen MR) is 121 cm³/mol. The van der Waals surface area contributed by atoms with Crippen LogP contribution in [0.2, 0.25) is 0 Å². The minimum absolute atomic E-state index is 0.243. The van der Waals surface area contributed by atoms with Crippen molar-refractivity contribution in [3.8, 4) is 22.8 Å². The fraction of sp³-hybridized carbons (Fsp3) is 0.320. The van der Waals surface area contributed by atoms with Gasteiger partial charge in [-0.05, 0) is 68.1 Å². The van der Waals surface area contributed by atoms with Crippen molar-refractivity contribution in [1.82, 2.24) is 24.3 Å². The van der Waals surface area contributed by atoms with Crippen molar-refractivity contribution in [2.24, 2.45) is 0 Å². The number of imidazole rings is 1. The number of methoxy groups -OCH3 is 1. The first kappa shape index (κ1) is 22.2. The molecule has 0 fully saturated rings. The molecule has 0 unspecified atom stereocenters. The third-order valence-electron chi connectivity index (χ3n) is 6.28. The molecule has 0 amide bonds. The first-order chi connectivity index (χ1) is 16.2. The van der Waals surface area contributed by atoms with Gasteiger partial charge in [0.05, 0.1) is 30.4 Å². The van der Waals surface area contributed by atoms with E-state index in [4.69, 9.17) is 9.72 Å².